The number of pyridine rings is 1. The van der Waals surface area contributed by atoms with Crippen LogP contribution >= 0.6 is 0 Å². The van der Waals surface area contributed by atoms with Crippen molar-refractivity contribution >= 4 is 39.7 Å². The number of ether oxygens (including phenoxy) is 1. The molecule has 0 saturated heterocycles. The van der Waals surface area contributed by atoms with Crippen molar-refractivity contribution in [3.05, 3.63) is 65.0 Å². The number of aryl methyl sites for hydroxylation is 1. The number of nitrogens with two attached hydrogens (primary N) is 1. The van der Waals surface area contributed by atoms with Crippen LogP contribution in [-0.4, -0.2) is 38.7 Å². The molecule has 0 aliphatic heterocycles. The summed E-state index contributed by atoms with van der Waals surface area (Å²) in [6.07, 6.45) is 2.77. The summed E-state index contributed by atoms with van der Waals surface area (Å²) in [7, 11) is 1.34. The number of nitrogens with zero attached hydrogens (tertiary/aromatic N) is 3. The van der Waals surface area contributed by atoms with Gasteiger partial charge in [0.05, 0.1) is 29.3 Å². The number of aromatic carboxylic acids is 1. The molecule has 0 spiro atoms. The first kappa shape index (κ1) is 21.3. The van der Waals surface area contributed by atoms with Gasteiger partial charge >= 0.3 is 11.9 Å². The minimum atomic E-state index is -0.959. The van der Waals surface area contributed by atoms with Crippen LogP contribution in [0.15, 0.2) is 42.5 Å². The van der Waals surface area contributed by atoms with Crippen molar-refractivity contribution in [2.24, 2.45) is 0 Å². The van der Waals surface area contributed by atoms with E-state index in [0.29, 0.717) is 29.0 Å². The Bertz CT molecular complexity index is 1330. The number of benzene rings is 2. The summed E-state index contributed by atoms with van der Waals surface area (Å²) in [5.74, 6) is -0.211. The van der Waals surface area contributed by atoms with Crippen molar-refractivity contribution in [3.8, 4) is 0 Å². The highest BCUT2D eigenvalue weighted by atomic mass is 16.5. The molecular weight excluding hydrogens is 408 g/mol. The second kappa shape index (κ2) is 8.66. The maximum Gasteiger partial charge on any atom is 0.337 e. The zero-order valence-corrected chi connectivity index (χ0v) is 18.0. The summed E-state index contributed by atoms with van der Waals surface area (Å²) >= 11 is 0. The van der Waals surface area contributed by atoms with E-state index in [2.05, 4.69) is 16.5 Å². The third kappa shape index (κ3) is 3.87. The lowest BCUT2D eigenvalue weighted by Crippen LogP contribution is -2.07. The molecule has 3 N–H and O–H groups in total. The zero-order chi connectivity index (χ0) is 22.8. The molecule has 0 bridgehead atoms. The van der Waals surface area contributed by atoms with Crippen LogP contribution in [0.1, 0.15) is 51.9 Å². The summed E-state index contributed by atoms with van der Waals surface area (Å²) in [4.78, 5) is 32.4. The van der Waals surface area contributed by atoms with Gasteiger partial charge in [-0.1, -0.05) is 25.5 Å². The lowest BCUT2D eigenvalue weighted by Gasteiger charge is -2.12. The molecule has 4 aromatic rings. The van der Waals surface area contributed by atoms with Crippen molar-refractivity contribution in [2.45, 2.75) is 32.7 Å². The largest absolute Gasteiger partial charge is 0.478 e. The van der Waals surface area contributed by atoms with E-state index in [4.69, 9.17) is 15.5 Å². The van der Waals surface area contributed by atoms with Gasteiger partial charge in [-0.2, -0.15) is 0 Å². The van der Waals surface area contributed by atoms with Gasteiger partial charge in [-0.15, -0.1) is 0 Å². The van der Waals surface area contributed by atoms with Crippen LogP contribution in [0.5, 0.6) is 0 Å². The average molecular weight is 432 g/mol. The van der Waals surface area contributed by atoms with E-state index in [0.717, 1.165) is 41.6 Å². The van der Waals surface area contributed by atoms with Gasteiger partial charge in [0.15, 0.2) is 5.82 Å². The van der Waals surface area contributed by atoms with Crippen LogP contribution < -0.4 is 5.73 Å². The minimum absolute atomic E-state index is 0.240. The Hall–Kier alpha value is -3.94. The van der Waals surface area contributed by atoms with E-state index < -0.39 is 11.9 Å². The molecule has 0 radical (unpaired) electrons. The minimum Gasteiger partial charge on any atom is -0.478 e. The summed E-state index contributed by atoms with van der Waals surface area (Å²) < 4.78 is 6.93. The Morgan fingerprint density at radius 2 is 1.81 bits per heavy atom. The Labute approximate surface area is 184 Å². The van der Waals surface area contributed by atoms with Crippen molar-refractivity contribution in [1.29, 1.82) is 0 Å². The van der Waals surface area contributed by atoms with Crippen molar-refractivity contribution in [2.75, 3.05) is 12.8 Å². The van der Waals surface area contributed by atoms with Crippen LogP contribution in [0.4, 0.5) is 5.82 Å². The van der Waals surface area contributed by atoms with E-state index in [-0.39, 0.29) is 5.56 Å². The fourth-order valence-corrected chi connectivity index (χ4v) is 3.83. The predicted octanol–water partition coefficient (Wildman–Crippen LogP) is 4.04. The molecule has 8 heteroatoms. The molecular formula is C24H24N4O4. The number of nitrogen functional groups attached to an aromatic ring is 1. The van der Waals surface area contributed by atoms with Crippen molar-refractivity contribution in [3.63, 3.8) is 0 Å². The second-order valence-corrected chi connectivity index (χ2v) is 7.64. The molecule has 164 valence electrons. The maximum absolute atomic E-state index is 12.0. The molecule has 2 aromatic heterocycles. The fourth-order valence-electron chi connectivity index (χ4n) is 3.83. The number of imidazole rings is 1. The zero-order valence-electron chi connectivity index (χ0n) is 18.0. The van der Waals surface area contributed by atoms with Crippen molar-refractivity contribution < 1.29 is 19.4 Å². The van der Waals surface area contributed by atoms with Gasteiger partial charge in [0.25, 0.3) is 0 Å². The predicted molar refractivity (Wildman–Crippen MR) is 122 cm³/mol. The number of carboxylic acids is 1. The Morgan fingerprint density at radius 3 is 2.47 bits per heavy atom. The lowest BCUT2D eigenvalue weighted by atomic mass is 10.1. The summed E-state index contributed by atoms with van der Waals surface area (Å²) in [6, 6.07) is 12.0. The number of aromatic nitrogens is 3. The van der Waals surface area contributed by atoms with Crippen LogP contribution in [-0.2, 0) is 17.7 Å². The molecule has 8 nitrogen and oxygen atoms in total. The number of hydrogen-bond donors (Lipinski definition) is 2. The molecule has 0 aliphatic rings. The molecule has 4 rings (SSSR count). The van der Waals surface area contributed by atoms with Gasteiger partial charge in [0, 0.05) is 18.4 Å². The normalized spacial score (nSPS) is 11.2. The quantitative estimate of drug-likeness (QED) is 0.423. The number of fused-ring (bicyclic) bond motifs is 3. The highest BCUT2D eigenvalue weighted by Gasteiger charge is 2.19. The van der Waals surface area contributed by atoms with Crippen LogP contribution in [0.3, 0.4) is 0 Å². The van der Waals surface area contributed by atoms with Crippen LogP contribution in [0.2, 0.25) is 0 Å². The van der Waals surface area contributed by atoms with E-state index in [1.54, 1.807) is 36.4 Å². The van der Waals surface area contributed by atoms with Crippen LogP contribution in [0, 0.1) is 0 Å². The molecule has 0 atom stereocenters. The number of hydrogen-bond acceptors (Lipinski definition) is 6. The maximum atomic E-state index is 12.0. The number of carboxylic acid groups (broad SMARTS) is 1. The molecule has 0 aliphatic carbocycles. The SMILES string of the molecule is CCCCc1nc2c(N)nc3cc(C(=O)OC)ccc3c2n1Cc1ccc(C(=O)O)cc1. The van der Waals surface area contributed by atoms with Gasteiger partial charge in [-0.05, 0) is 42.3 Å². The van der Waals surface area contributed by atoms with Gasteiger partial charge < -0.3 is 20.1 Å². The highest BCUT2D eigenvalue weighted by Crippen LogP contribution is 2.31. The topological polar surface area (TPSA) is 120 Å². The number of rotatable bonds is 7. The smallest absolute Gasteiger partial charge is 0.337 e. The first-order chi connectivity index (χ1) is 15.4. The van der Waals surface area contributed by atoms with E-state index in [9.17, 15) is 14.7 Å². The molecule has 0 amide bonds. The fraction of sp³-hybridized carbons (Fsp3) is 0.250. The van der Waals surface area contributed by atoms with Gasteiger partial charge in [-0.3, -0.25) is 0 Å². The van der Waals surface area contributed by atoms with Gasteiger partial charge in [0.2, 0.25) is 0 Å². The molecule has 0 fully saturated rings. The number of esters is 1. The summed E-state index contributed by atoms with van der Waals surface area (Å²) in [6.45, 7) is 2.63. The number of carbonyl (C=O) groups is 2. The van der Waals surface area contributed by atoms with Gasteiger partial charge in [0.1, 0.15) is 11.3 Å². The molecule has 2 heterocycles. The van der Waals surface area contributed by atoms with E-state index in [1.807, 2.05) is 6.07 Å². The first-order valence-electron chi connectivity index (χ1n) is 10.4. The third-order valence-corrected chi connectivity index (χ3v) is 5.50. The Kier molecular flexibility index (Phi) is 5.77. The number of methoxy groups -OCH3 is 1. The third-order valence-electron chi connectivity index (χ3n) is 5.50. The molecule has 2 aromatic carbocycles. The monoisotopic (exact) mass is 432 g/mol. The standard InChI is InChI=1S/C24H24N4O4/c1-3-4-5-19-27-20-21(28(19)13-14-6-8-15(9-7-14)23(29)30)17-11-10-16(24(31)32-2)12-18(17)26-22(20)25/h6-12H,3-5,13H2,1-2H3,(H2,25,26)(H,29,30). The highest BCUT2D eigenvalue weighted by molar-refractivity contribution is 6.08. The average Bonchev–Trinajstić information content (AvgIpc) is 3.16. The molecule has 0 unspecified atom stereocenters. The first-order valence-corrected chi connectivity index (χ1v) is 10.4. The number of carbonyl (C=O) groups excluding carboxylic acids is 1. The van der Waals surface area contributed by atoms with Gasteiger partial charge in [-0.25, -0.2) is 19.6 Å². The van der Waals surface area contributed by atoms with E-state index >= 15 is 0 Å². The lowest BCUT2D eigenvalue weighted by molar-refractivity contribution is 0.0600. The van der Waals surface area contributed by atoms with Crippen LogP contribution in [0.25, 0.3) is 21.9 Å². The Morgan fingerprint density at radius 1 is 1.09 bits per heavy atom. The molecule has 32 heavy (non-hydrogen) atoms. The number of unbranched alkanes of at least 4 members (excludes halogenated alkanes) is 1. The summed E-state index contributed by atoms with van der Waals surface area (Å²) in [5, 5.41) is 10.0. The van der Waals surface area contributed by atoms with Crippen molar-refractivity contribution in [1.82, 2.24) is 14.5 Å². The molecule has 0 saturated carbocycles. The second-order valence-electron chi connectivity index (χ2n) is 7.64. The Balaban J connectivity index is 1.90. The van der Waals surface area contributed by atoms with E-state index in [1.165, 1.54) is 7.11 Å². The number of anilines is 1. The summed E-state index contributed by atoms with van der Waals surface area (Å²) in [5.41, 5.74) is 9.90.